The lowest BCUT2D eigenvalue weighted by Gasteiger charge is -2.33. The van der Waals surface area contributed by atoms with Gasteiger partial charge in [-0.15, -0.1) is 0 Å². The summed E-state index contributed by atoms with van der Waals surface area (Å²) in [7, 11) is 0. The molecule has 0 amide bonds. The van der Waals surface area contributed by atoms with E-state index in [1.165, 1.54) is 22.3 Å². The minimum atomic E-state index is -0.192. The van der Waals surface area contributed by atoms with Crippen LogP contribution in [-0.2, 0) is 22.5 Å². The normalized spacial score (nSPS) is 19.8. The second-order valence-electron chi connectivity index (χ2n) is 8.92. The SMILES string of the molecule is CC[C@@H](C)Nc1ncnc2c1sc1[nH+]c(N3CCOCC3)c3c(c12)CC(C)(C)OC3. The molecule has 8 heteroatoms. The highest BCUT2D eigenvalue weighted by molar-refractivity contribution is 7.25. The number of hydrogen-bond donors (Lipinski definition) is 1. The Balaban J connectivity index is 1.74. The Morgan fingerprint density at radius 1 is 1.27 bits per heavy atom. The van der Waals surface area contributed by atoms with Crippen LogP contribution in [0.5, 0.6) is 0 Å². The average molecular weight is 429 g/mol. The van der Waals surface area contributed by atoms with Gasteiger partial charge in [-0.1, -0.05) is 18.3 Å². The van der Waals surface area contributed by atoms with Gasteiger partial charge in [0.2, 0.25) is 0 Å². The molecule has 0 unspecified atom stereocenters. The van der Waals surface area contributed by atoms with E-state index in [0.717, 1.165) is 60.0 Å². The van der Waals surface area contributed by atoms with Gasteiger partial charge in [0.1, 0.15) is 29.9 Å². The number of nitrogens with zero attached hydrogens (tertiary/aromatic N) is 3. The van der Waals surface area contributed by atoms with E-state index in [-0.39, 0.29) is 5.60 Å². The predicted octanol–water partition coefficient (Wildman–Crippen LogP) is 3.56. The van der Waals surface area contributed by atoms with Crippen LogP contribution in [0.1, 0.15) is 45.2 Å². The van der Waals surface area contributed by atoms with Crippen molar-refractivity contribution in [1.29, 1.82) is 0 Å². The van der Waals surface area contributed by atoms with E-state index in [2.05, 4.69) is 47.9 Å². The topological polar surface area (TPSA) is 73.7 Å². The fourth-order valence-corrected chi connectivity index (χ4v) is 5.48. The van der Waals surface area contributed by atoms with Crippen LogP contribution in [-0.4, -0.2) is 47.9 Å². The molecule has 30 heavy (non-hydrogen) atoms. The third-order valence-electron chi connectivity index (χ3n) is 6.19. The van der Waals surface area contributed by atoms with Gasteiger partial charge in [-0.3, -0.25) is 4.90 Å². The van der Waals surface area contributed by atoms with Gasteiger partial charge in [-0.25, -0.2) is 15.0 Å². The number of H-pyrrole nitrogens is 1. The van der Waals surface area contributed by atoms with Crippen molar-refractivity contribution in [2.75, 3.05) is 36.5 Å². The summed E-state index contributed by atoms with van der Waals surface area (Å²) in [6, 6.07) is 0.363. The minimum absolute atomic E-state index is 0.192. The van der Waals surface area contributed by atoms with Crippen LogP contribution in [0, 0.1) is 0 Å². The molecule has 0 radical (unpaired) electrons. The van der Waals surface area contributed by atoms with E-state index >= 15 is 0 Å². The van der Waals surface area contributed by atoms with Gasteiger partial charge in [-0.05, 0) is 32.8 Å². The molecule has 1 fully saturated rings. The molecular weight excluding hydrogens is 398 g/mol. The van der Waals surface area contributed by atoms with Crippen LogP contribution in [0.25, 0.3) is 20.4 Å². The minimum Gasteiger partial charge on any atom is -0.373 e. The van der Waals surface area contributed by atoms with Crippen molar-refractivity contribution >= 4 is 43.4 Å². The molecule has 0 bridgehead atoms. The number of thiophene rings is 1. The number of ether oxygens (including phenoxy) is 2. The molecule has 0 aromatic carbocycles. The van der Waals surface area contributed by atoms with Crippen molar-refractivity contribution in [2.45, 2.75) is 58.8 Å². The molecule has 7 nitrogen and oxygen atoms in total. The first-order chi connectivity index (χ1) is 14.5. The van der Waals surface area contributed by atoms with Crippen LogP contribution in [0.3, 0.4) is 0 Å². The van der Waals surface area contributed by atoms with Gasteiger partial charge in [0, 0.05) is 12.5 Å². The zero-order valence-electron chi connectivity index (χ0n) is 18.2. The lowest BCUT2D eigenvalue weighted by molar-refractivity contribution is -0.329. The Morgan fingerprint density at radius 3 is 2.83 bits per heavy atom. The summed E-state index contributed by atoms with van der Waals surface area (Å²) in [6.45, 7) is 12.6. The van der Waals surface area contributed by atoms with Gasteiger partial charge in [0.05, 0.1) is 41.9 Å². The fourth-order valence-electron chi connectivity index (χ4n) is 4.34. The van der Waals surface area contributed by atoms with E-state index in [1.54, 1.807) is 17.7 Å². The number of aromatic amines is 1. The molecular formula is C22H30N5O2S+. The van der Waals surface area contributed by atoms with Gasteiger partial charge >= 0.3 is 0 Å². The molecule has 5 rings (SSSR count). The summed E-state index contributed by atoms with van der Waals surface area (Å²) in [5.74, 6) is 2.10. The Kier molecular flexibility index (Phi) is 5.03. The second kappa shape index (κ2) is 7.59. The highest BCUT2D eigenvalue weighted by atomic mass is 32.1. The fraction of sp³-hybridized carbons (Fsp3) is 0.591. The number of fused-ring (bicyclic) bond motifs is 5. The summed E-state index contributed by atoms with van der Waals surface area (Å²) in [4.78, 5) is 16.6. The maximum absolute atomic E-state index is 6.23. The number of pyridine rings is 1. The third-order valence-corrected chi connectivity index (χ3v) is 7.29. The molecule has 1 atom stereocenters. The molecule has 0 saturated carbocycles. The van der Waals surface area contributed by atoms with Gasteiger partial charge < -0.3 is 14.8 Å². The number of nitrogens with one attached hydrogen (secondary N) is 2. The van der Waals surface area contributed by atoms with Crippen molar-refractivity contribution in [3.05, 3.63) is 17.5 Å². The number of hydrogen-bond acceptors (Lipinski definition) is 7. The van der Waals surface area contributed by atoms with Crippen molar-refractivity contribution in [2.24, 2.45) is 0 Å². The summed E-state index contributed by atoms with van der Waals surface area (Å²) in [5, 5.41) is 4.79. The van der Waals surface area contributed by atoms with Gasteiger partial charge in [-0.2, -0.15) is 0 Å². The quantitative estimate of drug-likeness (QED) is 0.685. The lowest BCUT2D eigenvalue weighted by atomic mass is 9.90. The molecule has 0 spiro atoms. The molecule has 3 aromatic heterocycles. The number of aromatic nitrogens is 3. The number of rotatable bonds is 4. The maximum Gasteiger partial charge on any atom is 0.281 e. The highest BCUT2D eigenvalue weighted by Crippen LogP contribution is 2.42. The van der Waals surface area contributed by atoms with Crippen LogP contribution in [0.4, 0.5) is 11.6 Å². The van der Waals surface area contributed by atoms with Crippen molar-refractivity contribution in [1.82, 2.24) is 9.97 Å². The molecule has 160 valence electrons. The lowest BCUT2D eigenvalue weighted by Crippen LogP contribution is -2.42. The molecule has 2 N–H and O–H groups in total. The molecule has 3 aromatic rings. The van der Waals surface area contributed by atoms with E-state index in [4.69, 9.17) is 14.5 Å². The van der Waals surface area contributed by atoms with E-state index in [1.807, 2.05) is 0 Å². The van der Waals surface area contributed by atoms with Crippen molar-refractivity contribution < 1.29 is 14.5 Å². The summed E-state index contributed by atoms with van der Waals surface area (Å²) >= 11 is 1.75. The monoisotopic (exact) mass is 428 g/mol. The molecule has 2 aliphatic heterocycles. The first-order valence-corrected chi connectivity index (χ1v) is 11.7. The van der Waals surface area contributed by atoms with E-state index in [9.17, 15) is 0 Å². The zero-order chi connectivity index (χ0) is 20.9. The smallest absolute Gasteiger partial charge is 0.281 e. The van der Waals surface area contributed by atoms with Crippen LogP contribution >= 0.6 is 11.3 Å². The average Bonchev–Trinajstić information content (AvgIpc) is 3.13. The Bertz CT molecular complexity index is 1090. The molecule has 2 aliphatic rings. The van der Waals surface area contributed by atoms with Crippen molar-refractivity contribution in [3.63, 3.8) is 0 Å². The first-order valence-electron chi connectivity index (χ1n) is 10.8. The zero-order valence-corrected chi connectivity index (χ0v) is 19.0. The third kappa shape index (κ3) is 3.40. The van der Waals surface area contributed by atoms with E-state index < -0.39 is 0 Å². The summed E-state index contributed by atoms with van der Waals surface area (Å²) in [5.41, 5.74) is 3.47. The Morgan fingerprint density at radius 2 is 2.07 bits per heavy atom. The largest absolute Gasteiger partial charge is 0.373 e. The van der Waals surface area contributed by atoms with Crippen LogP contribution in [0.15, 0.2) is 6.33 Å². The predicted molar refractivity (Wildman–Crippen MR) is 120 cm³/mol. The summed E-state index contributed by atoms with van der Waals surface area (Å²) < 4.78 is 12.9. The Labute approximate surface area is 180 Å². The van der Waals surface area contributed by atoms with Gasteiger partial charge in [0.15, 0.2) is 4.83 Å². The number of morpholine rings is 1. The molecule has 1 saturated heterocycles. The van der Waals surface area contributed by atoms with Crippen molar-refractivity contribution in [3.8, 4) is 0 Å². The second-order valence-corrected chi connectivity index (χ2v) is 9.94. The van der Waals surface area contributed by atoms with E-state index in [0.29, 0.717) is 12.6 Å². The highest BCUT2D eigenvalue weighted by Gasteiger charge is 2.36. The molecule has 5 heterocycles. The standard InChI is InChI=1S/C22H29N5O2S/c1-5-13(2)25-19-18-17(23-12-24-19)16-14-10-22(3,4)29-11-15(14)20(26-21(16)30-18)27-6-8-28-9-7-27/h12-13H,5-11H2,1-4H3,(H,23,24,25)/p+1/t13-/m1/s1. The molecule has 0 aliphatic carbocycles. The summed E-state index contributed by atoms with van der Waals surface area (Å²) in [6.07, 6.45) is 3.60. The Hall–Kier alpha value is -2.03. The maximum atomic E-state index is 6.23. The first kappa shape index (κ1) is 19.9. The van der Waals surface area contributed by atoms with Crippen LogP contribution < -0.4 is 15.2 Å². The van der Waals surface area contributed by atoms with Crippen LogP contribution in [0.2, 0.25) is 0 Å². The van der Waals surface area contributed by atoms with Gasteiger partial charge in [0.25, 0.3) is 5.82 Å². The number of anilines is 2.